The van der Waals surface area contributed by atoms with Crippen molar-refractivity contribution in [2.45, 2.75) is 18.7 Å². The highest BCUT2D eigenvalue weighted by Crippen LogP contribution is 2.36. The number of carbonyl (C=O) groups is 1. The second kappa shape index (κ2) is 4.51. The molecule has 1 aromatic heterocycles. The number of halogens is 4. The van der Waals surface area contributed by atoms with E-state index in [4.69, 9.17) is 0 Å². The number of hydrogen-bond donors (Lipinski definition) is 1. The number of aliphatic hydroxyl groups is 1. The van der Waals surface area contributed by atoms with Gasteiger partial charge in [0, 0.05) is 10.7 Å². The Labute approximate surface area is 109 Å². The Kier molecular flexibility index (Phi) is 3.33. The fourth-order valence-corrected chi connectivity index (χ4v) is 2.14. The zero-order valence-corrected chi connectivity index (χ0v) is 10.5. The van der Waals surface area contributed by atoms with Gasteiger partial charge in [0.05, 0.1) is 24.6 Å². The van der Waals surface area contributed by atoms with E-state index in [9.17, 15) is 23.1 Å². The Balaban J connectivity index is 2.39. The van der Waals surface area contributed by atoms with Crippen molar-refractivity contribution in [3.63, 3.8) is 0 Å². The maximum atomic E-state index is 12.7. The Morgan fingerprint density at radius 2 is 2.17 bits per heavy atom. The van der Waals surface area contributed by atoms with Gasteiger partial charge in [0.2, 0.25) is 5.91 Å². The number of β-amino-alcohol motifs (C(OH)–C–C–N with tert-alkyl or cyclic N) is 1. The summed E-state index contributed by atoms with van der Waals surface area (Å²) in [6.45, 7) is -0.0369. The molecule has 0 radical (unpaired) electrons. The highest BCUT2D eigenvalue weighted by atomic mass is 79.9. The third kappa shape index (κ3) is 2.49. The molecule has 18 heavy (non-hydrogen) atoms. The van der Waals surface area contributed by atoms with Gasteiger partial charge < -0.3 is 5.11 Å². The standard InChI is InChI=1S/C10H8BrF3N2O2/c11-7-3-15-8(2-6(7)10(12,13)14)16-4-5(17)1-9(16)18/h2-3,5,17H,1,4H2. The topological polar surface area (TPSA) is 53.4 Å². The van der Waals surface area contributed by atoms with E-state index < -0.39 is 23.8 Å². The van der Waals surface area contributed by atoms with E-state index in [2.05, 4.69) is 20.9 Å². The van der Waals surface area contributed by atoms with Gasteiger partial charge in [-0.1, -0.05) is 0 Å². The first-order chi connectivity index (χ1) is 8.29. The third-order valence-corrected chi connectivity index (χ3v) is 3.16. The number of rotatable bonds is 1. The van der Waals surface area contributed by atoms with E-state index in [0.717, 1.165) is 17.2 Å². The van der Waals surface area contributed by atoms with E-state index in [1.807, 2.05) is 0 Å². The number of anilines is 1. The first-order valence-electron chi connectivity index (χ1n) is 5.00. The van der Waals surface area contributed by atoms with E-state index in [1.165, 1.54) is 0 Å². The fourth-order valence-electron chi connectivity index (χ4n) is 1.70. The molecule has 1 fully saturated rings. The van der Waals surface area contributed by atoms with Gasteiger partial charge >= 0.3 is 6.18 Å². The van der Waals surface area contributed by atoms with Gasteiger partial charge in [0.1, 0.15) is 5.82 Å². The molecule has 0 bridgehead atoms. The van der Waals surface area contributed by atoms with Crippen LogP contribution in [0.2, 0.25) is 0 Å². The fraction of sp³-hybridized carbons (Fsp3) is 0.400. The monoisotopic (exact) mass is 324 g/mol. The minimum Gasteiger partial charge on any atom is -0.391 e. The van der Waals surface area contributed by atoms with Crippen molar-refractivity contribution in [2.24, 2.45) is 0 Å². The third-order valence-electron chi connectivity index (χ3n) is 2.53. The first-order valence-corrected chi connectivity index (χ1v) is 5.79. The van der Waals surface area contributed by atoms with Crippen LogP contribution >= 0.6 is 15.9 Å². The summed E-state index contributed by atoms with van der Waals surface area (Å²) in [6.07, 6.45) is -4.50. The molecule has 1 unspecified atom stereocenters. The summed E-state index contributed by atoms with van der Waals surface area (Å²) >= 11 is 2.77. The van der Waals surface area contributed by atoms with Crippen molar-refractivity contribution in [3.05, 3.63) is 22.3 Å². The Bertz CT molecular complexity index is 493. The van der Waals surface area contributed by atoms with E-state index in [1.54, 1.807) is 0 Å². The molecule has 0 aliphatic carbocycles. The molecule has 2 rings (SSSR count). The van der Waals surface area contributed by atoms with E-state index in [-0.39, 0.29) is 23.3 Å². The van der Waals surface area contributed by atoms with Gasteiger partial charge in [0.25, 0.3) is 0 Å². The SMILES string of the molecule is O=C1CC(O)CN1c1cc(C(F)(F)F)c(Br)cn1. The second-order valence-corrected chi connectivity index (χ2v) is 4.74. The Morgan fingerprint density at radius 1 is 1.50 bits per heavy atom. The molecule has 0 saturated carbocycles. The zero-order valence-electron chi connectivity index (χ0n) is 8.91. The number of aliphatic hydroxyl groups excluding tert-OH is 1. The number of nitrogens with zero attached hydrogens (tertiary/aromatic N) is 2. The molecular weight excluding hydrogens is 317 g/mol. The van der Waals surface area contributed by atoms with Gasteiger partial charge in [-0.05, 0) is 22.0 Å². The number of amides is 1. The molecule has 1 aliphatic rings. The molecule has 1 atom stereocenters. The average Bonchev–Trinajstić information content (AvgIpc) is 2.57. The van der Waals surface area contributed by atoms with Crippen LogP contribution in [0.4, 0.5) is 19.0 Å². The molecule has 4 nitrogen and oxygen atoms in total. The summed E-state index contributed by atoms with van der Waals surface area (Å²) in [4.78, 5) is 16.3. The van der Waals surface area contributed by atoms with Crippen LogP contribution in [0, 0.1) is 0 Å². The molecule has 1 amide bonds. The van der Waals surface area contributed by atoms with Gasteiger partial charge in [0.15, 0.2) is 0 Å². The zero-order chi connectivity index (χ0) is 13.5. The van der Waals surface area contributed by atoms with E-state index >= 15 is 0 Å². The molecule has 1 aliphatic heterocycles. The summed E-state index contributed by atoms with van der Waals surface area (Å²) in [7, 11) is 0. The Hall–Kier alpha value is -1.15. The lowest BCUT2D eigenvalue weighted by atomic mass is 10.2. The van der Waals surface area contributed by atoms with E-state index in [0.29, 0.717) is 0 Å². The smallest absolute Gasteiger partial charge is 0.391 e. The maximum absolute atomic E-state index is 12.7. The quantitative estimate of drug-likeness (QED) is 0.859. The lowest BCUT2D eigenvalue weighted by molar-refractivity contribution is -0.138. The first kappa shape index (κ1) is 13.3. The lowest BCUT2D eigenvalue weighted by Gasteiger charge is -2.17. The van der Waals surface area contributed by atoms with Crippen molar-refractivity contribution < 1.29 is 23.1 Å². The molecule has 98 valence electrons. The summed E-state index contributed by atoms with van der Waals surface area (Å²) < 4.78 is 37.8. The number of aromatic nitrogens is 1. The summed E-state index contributed by atoms with van der Waals surface area (Å²) in [5.74, 6) is -0.544. The summed E-state index contributed by atoms with van der Waals surface area (Å²) in [6, 6.07) is 0.792. The summed E-state index contributed by atoms with van der Waals surface area (Å²) in [5, 5.41) is 9.29. The van der Waals surface area contributed by atoms with Crippen LogP contribution < -0.4 is 4.90 Å². The average molecular weight is 325 g/mol. The number of pyridine rings is 1. The Morgan fingerprint density at radius 3 is 2.67 bits per heavy atom. The van der Waals surface area contributed by atoms with Crippen LogP contribution in [0.25, 0.3) is 0 Å². The molecule has 8 heteroatoms. The predicted molar refractivity (Wildman–Crippen MR) is 59.9 cm³/mol. The highest BCUT2D eigenvalue weighted by molar-refractivity contribution is 9.10. The maximum Gasteiger partial charge on any atom is 0.417 e. The normalized spacial score (nSPS) is 20.6. The molecule has 1 aromatic rings. The lowest BCUT2D eigenvalue weighted by Crippen LogP contribution is -2.26. The van der Waals surface area contributed by atoms with Crippen molar-refractivity contribution in [1.82, 2.24) is 4.98 Å². The second-order valence-electron chi connectivity index (χ2n) is 3.88. The van der Waals surface area contributed by atoms with Crippen LogP contribution in [0.5, 0.6) is 0 Å². The molecule has 0 aromatic carbocycles. The number of hydrogen-bond acceptors (Lipinski definition) is 3. The van der Waals surface area contributed by atoms with Gasteiger partial charge in [-0.15, -0.1) is 0 Å². The van der Waals surface area contributed by atoms with Crippen LogP contribution in [-0.4, -0.2) is 28.6 Å². The molecular formula is C10H8BrF3N2O2. The van der Waals surface area contributed by atoms with Gasteiger partial charge in [-0.3, -0.25) is 9.69 Å². The summed E-state index contributed by atoms with van der Waals surface area (Å²) in [5.41, 5.74) is -0.901. The molecule has 1 saturated heterocycles. The van der Waals surface area contributed by atoms with Crippen molar-refractivity contribution in [3.8, 4) is 0 Å². The minimum absolute atomic E-state index is 0.0369. The number of alkyl halides is 3. The van der Waals surface area contributed by atoms with Crippen LogP contribution in [0.1, 0.15) is 12.0 Å². The van der Waals surface area contributed by atoms with Crippen LogP contribution in [0.3, 0.4) is 0 Å². The van der Waals surface area contributed by atoms with Gasteiger partial charge in [-0.25, -0.2) is 4.98 Å². The van der Waals surface area contributed by atoms with Crippen LogP contribution in [-0.2, 0) is 11.0 Å². The van der Waals surface area contributed by atoms with Crippen LogP contribution in [0.15, 0.2) is 16.7 Å². The molecule has 0 spiro atoms. The minimum atomic E-state index is -4.53. The number of carbonyl (C=O) groups excluding carboxylic acids is 1. The van der Waals surface area contributed by atoms with Crippen molar-refractivity contribution >= 4 is 27.7 Å². The largest absolute Gasteiger partial charge is 0.417 e. The molecule has 1 N–H and O–H groups in total. The van der Waals surface area contributed by atoms with Gasteiger partial charge in [-0.2, -0.15) is 13.2 Å². The van der Waals surface area contributed by atoms with Crippen molar-refractivity contribution in [2.75, 3.05) is 11.4 Å². The highest BCUT2D eigenvalue weighted by Gasteiger charge is 2.36. The van der Waals surface area contributed by atoms with Crippen molar-refractivity contribution in [1.29, 1.82) is 0 Å². The molecule has 2 heterocycles. The predicted octanol–water partition coefficient (Wildman–Crippen LogP) is 1.96.